The van der Waals surface area contributed by atoms with Crippen LogP contribution < -0.4 is 0 Å². The number of rotatable bonds is 4. The van der Waals surface area contributed by atoms with Gasteiger partial charge in [0.25, 0.3) is 0 Å². The van der Waals surface area contributed by atoms with Gasteiger partial charge in [0.15, 0.2) is 0 Å². The second-order valence-corrected chi connectivity index (χ2v) is 4.77. The van der Waals surface area contributed by atoms with Gasteiger partial charge in [-0.1, -0.05) is 12.1 Å². The molecular formula is C17H13N3O2. The predicted octanol–water partition coefficient (Wildman–Crippen LogP) is 2.83. The second-order valence-electron chi connectivity index (χ2n) is 4.77. The van der Waals surface area contributed by atoms with Crippen LogP contribution >= 0.6 is 0 Å². The van der Waals surface area contributed by atoms with Crippen molar-refractivity contribution >= 4 is 5.97 Å². The summed E-state index contributed by atoms with van der Waals surface area (Å²) in [5.74, 6) is -0.888. The van der Waals surface area contributed by atoms with Gasteiger partial charge in [0, 0.05) is 59.4 Å². The highest BCUT2D eigenvalue weighted by molar-refractivity contribution is 5.83. The summed E-state index contributed by atoms with van der Waals surface area (Å²) >= 11 is 0. The molecule has 22 heavy (non-hydrogen) atoms. The first-order chi connectivity index (χ1) is 10.8. The Balaban J connectivity index is 2.21. The Morgan fingerprint density at radius 2 is 1.41 bits per heavy atom. The van der Waals surface area contributed by atoms with E-state index in [-0.39, 0.29) is 6.42 Å². The maximum atomic E-state index is 11.3. The van der Waals surface area contributed by atoms with Gasteiger partial charge in [0.1, 0.15) is 0 Å². The van der Waals surface area contributed by atoms with Crippen LogP contribution in [0.1, 0.15) is 5.56 Å². The summed E-state index contributed by atoms with van der Waals surface area (Å²) in [6, 6.07) is 7.41. The number of carboxylic acids is 1. The van der Waals surface area contributed by atoms with Crippen molar-refractivity contribution in [3.63, 3.8) is 0 Å². The molecule has 5 heteroatoms. The molecule has 0 unspecified atom stereocenters. The van der Waals surface area contributed by atoms with Crippen LogP contribution in [0.3, 0.4) is 0 Å². The molecule has 108 valence electrons. The van der Waals surface area contributed by atoms with E-state index in [1.54, 1.807) is 37.2 Å². The van der Waals surface area contributed by atoms with E-state index in [0.717, 1.165) is 22.3 Å². The zero-order chi connectivity index (χ0) is 15.4. The highest BCUT2D eigenvalue weighted by atomic mass is 16.4. The highest BCUT2D eigenvalue weighted by Gasteiger charge is 2.15. The van der Waals surface area contributed by atoms with Gasteiger partial charge in [-0.2, -0.15) is 0 Å². The van der Waals surface area contributed by atoms with Crippen molar-refractivity contribution in [1.29, 1.82) is 0 Å². The van der Waals surface area contributed by atoms with Crippen molar-refractivity contribution in [3.8, 4) is 22.3 Å². The quantitative estimate of drug-likeness (QED) is 0.800. The summed E-state index contributed by atoms with van der Waals surface area (Å²) in [6.07, 6.45) is 10.0. The molecule has 1 N–H and O–H groups in total. The zero-order valence-corrected chi connectivity index (χ0v) is 11.7. The zero-order valence-electron chi connectivity index (χ0n) is 11.7. The molecule has 3 aromatic heterocycles. The molecule has 0 aliphatic carbocycles. The van der Waals surface area contributed by atoms with Crippen LogP contribution in [0.5, 0.6) is 0 Å². The Bertz CT molecular complexity index is 732. The van der Waals surface area contributed by atoms with Crippen LogP contribution in [0, 0.1) is 0 Å². The molecule has 0 amide bonds. The van der Waals surface area contributed by atoms with Gasteiger partial charge in [-0.3, -0.25) is 19.7 Å². The molecule has 5 nitrogen and oxygen atoms in total. The minimum Gasteiger partial charge on any atom is -0.481 e. The van der Waals surface area contributed by atoms with E-state index >= 15 is 0 Å². The second kappa shape index (κ2) is 6.13. The van der Waals surface area contributed by atoms with Crippen molar-refractivity contribution in [3.05, 3.63) is 67.0 Å². The molecule has 0 saturated heterocycles. The van der Waals surface area contributed by atoms with Crippen LogP contribution in [0.4, 0.5) is 0 Å². The first-order valence-electron chi connectivity index (χ1n) is 6.75. The fourth-order valence-corrected chi connectivity index (χ4v) is 2.37. The monoisotopic (exact) mass is 291 g/mol. The average Bonchev–Trinajstić information content (AvgIpc) is 2.56. The Morgan fingerprint density at radius 1 is 0.864 bits per heavy atom. The standard InChI is InChI=1S/C17H13N3O2/c21-17(22)7-14-15(12-3-1-5-18-8-12)10-20-11-16(14)13-4-2-6-19-9-13/h1-6,8-11H,7H2,(H,21,22). The molecule has 0 aliphatic heterocycles. The van der Waals surface area contributed by atoms with Gasteiger partial charge in [-0.15, -0.1) is 0 Å². The molecule has 3 heterocycles. The Kier molecular flexibility index (Phi) is 3.87. The summed E-state index contributed by atoms with van der Waals surface area (Å²) in [7, 11) is 0. The van der Waals surface area contributed by atoms with E-state index in [2.05, 4.69) is 15.0 Å². The molecule has 0 atom stereocenters. The van der Waals surface area contributed by atoms with Crippen molar-refractivity contribution in [1.82, 2.24) is 15.0 Å². The lowest BCUT2D eigenvalue weighted by Crippen LogP contribution is -2.05. The number of aliphatic carboxylic acids is 1. The van der Waals surface area contributed by atoms with E-state index in [0.29, 0.717) is 5.56 Å². The van der Waals surface area contributed by atoms with Gasteiger partial charge in [-0.25, -0.2) is 0 Å². The molecule has 3 aromatic rings. The van der Waals surface area contributed by atoms with Crippen LogP contribution in [0.25, 0.3) is 22.3 Å². The van der Waals surface area contributed by atoms with Crippen molar-refractivity contribution in [2.75, 3.05) is 0 Å². The number of carbonyl (C=O) groups is 1. The number of aromatic nitrogens is 3. The van der Waals surface area contributed by atoms with Crippen molar-refractivity contribution in [2.24, 2.45) is 0 Å². The number of nitrogens with zero attached hydrogens (tertiary/aromatic N) is 3. The molecule has 0 aromatic carbocycles. The van der Waals surface area contributed by atoms with Gasteiger partial charge in [0.2, 0.25) is 0 Å². The molecular weight excluding hydrogens is 278 g/mol. The Hall–Kier alpha value is -3.08. The lowest BCUT2D eigenvalue weighted by molar-refractivity contribution is -0.136. The van der Waals surface area contributed by atoms with E-state index in [9.17, 15) is 9.90 Å². The molecule has 3 rings (SSSR count). The first kappa shape index (κ1) is 13.9. The minimum absolute atomic E-state index is 0.0863. The largest absolute Gasteiger partial charge is 0.481 e. The van der Waals surface area contributed by atoms with Crippen LogP contribution in [0.2, 0.25) is 0 Å². The van der Waals surface area contributed by atoms with E-state index < -0.39 is 5.97 Å². The van der Waals surface area contributed by atoms with E-state index in [1.807, 2.05) is 24.3 Å². The molecule has 0 radical (unpaired) electrons. The fraction of sp³-hybridized carbons (Fsp3) is 0.0588. The average molecular weight is 291 g/mol. The third-order valence-electron chi connectivity index (χ3n) is 3.33. The molecule has 0 saturated carbocycles. The van der Waals surface area contributed by atoms with E-state index in [4.69, 9.17) is 0 Å². The number of hydrogen-bond acceptors (Lipinski definition) is 4. The lowest BCUT2D eigenvalue weighted by Gasteiger charge is -2.13. The maximum Gasteiger partial charge on any atom is 0.307 e. The molecule has 0 bridgehead atoms. The van der Waals surface area contributed by atoms with Crippen LogP contribution in [-0.4, -0.2) is 26.0 Å². The van der Waals surface area contributed by atoms with Crippen molar-refractivity contribution < 1.29 is 9.90 Å². The summed E-state index contributed by atoms with van der Waals surface area (Å²) in [5, 5.41) is 9.26. The Labute approximate surface area is 127 Å². The molecule has 0 aliphatic rings. The fourth-order valence-electron chi connectivity index (χ4n) is 2.37. The number of hydrogen-bond donors (Lipinski definition) is 1. The third kappa shape index (κ3) is 2.83. The maximum absolute atomic E-state index is 11.3. The normalized spacial score (nSPS) is 10.4. The minimum atomic E-state index is -0.888. The number of pyridine rings is 3. The topological polar surface area (TPSA) is 76.0 Å². The van der Waals surface area contributed by atoms with Gasteiger partial charge < -0.3 is 5.11 Å². The van der Waals surface area contributed by atoms with Gasteiger partial charge in [-0.05, 0) is 17.7 Å². The SMILES string of the molecule is O=C(O)Cc1c(-c2cccnc2)cncc1-c1cccnc1. The summed E-state index contributed by atoms with van der Waals surface area (Å²) in [5.41, 5.74) is 3.95. The number of carboxylic acid groups (broad SMARTS) is 1. The molecule has 0 fully saturated rings. The third-order valence-corrected chi connectivity index (χ3v) is 3.33. The molecule has 0 spiro atoms. The summed E-state index contributed by atoms with van der Waals surface area (Å²) in [4.78, 5) is 23.7. The van der Waals surface area contributed by atoms with Crippen LogP contribution in [0.15, 0.2) is 61.4 Å². The predicted molar refractivity (Wildman–Crippen MR) is 82.0 cm³/mol. The van der Waals surface area contributed by atoms with E-state index in [1.165, 1.54) is 0 Å². The summed E-state index contributed by atoms with van der Waals surface area (Å²) < 4.78 is 0. The highest BCUT2D eigenvalue weighted by Crippen LogP contribution is 2.31. The Morgan fingerprint density at radius 3 is 1.82 bits per heavy atom. The smallest absolute Gasteiger partial charge is 0.307 e. The first-order valence-corrected chi connectivity index (χ1v) is 6.75. The van der Waals surface area contributed by atoms with Gasteiger partial charge >= 0.3 is 5.97 Å². The summed E-state index contributed by atoms with van der Waals surface area (Å²) in [6.45, 7) is 0. The van der Waals surface area contributed by atoms with Crippen molar-refractivity contribution in [2.45, 2.75) is 6.42 Å². The van der Waals surface area contributed by atoms with Crippen LogP contribution in [-0.2, 0) is 11.2 Å². The van der Waals surface area contributed by atoms with Gasteiger partial charge in [0.05, 0.1) is 6.42 Å². The lowest BCUT2D eigenvalue weighted by atomic mass is 9.94.